The van der Waals surface area contributed by atoms with Gasteiger partial charge in [0.2, 0.25) is 0 Å². The van der Waals surface area contributed by atoms with Gasteiger partial charge in [0.15, 0.2) is 0 Å². The summed E-state index contributed by atoms with van der Waals surface area (Å²) in [5.41, 5.74) is 2.68. The average molecular weight is 293 g/mol. The number of rotatable bonds is 6. The SMILES string of the molecule is CC.CCCC(C)CCC(=O)CC.Cc1cccc(C)c1. The summed E-state index contributed by atoms with van der Waals surface area (Å²) in [6.45, 7) is 14.6. The molecule has 0 heterocycles. The fourth-order valence-corrected chi connectivity index (χ4v) is 2.03. The smallest absolute Gasteiger partial charge is 0.132 e. The molecule has 0 aliphatic carbocycles. The van der Waals surface area contributed by atoms with Crippen LogP contribution in [0, 0.1) is 19.8 Å². The first kappa shape index (κ1) is 22.2. The highest BCUT2D eigenvalue weighted by atomic mass is 16.1. The molecule has 1 nitrogen and oxygen atoms in total. The summed E-state index contributed by atoms with van der Waals surface area (Å²) in [5.74, 6) is 1.14. The topological polar surface area (TPSA) is 17.1 Å². The highest BCUT2D eigenvalue weighted by Gasteiger charge is 2.03. The molecule has 0 amide bonds. The van der Waals surface area contributed by atoms with Crippen molar-refractivity contribution in [2.24, 2.45) is 5.92 Å². The summed E-state index contributed by atoms with van der Waals surface area (Å²) in [6.07, 6.45) is 5.08. The van der Waals surface area contributed by atoms with Crippen molar-refractivity contribution in [1.82, 2.24) is 0 Å². The normalized spacial score (nSPS) is 10.6. The van der Waals surface area contributed by atoms with Crippen molar-refractivity contribution < 1.29 is 4.79 Å². The molecule has 122 valence electrons. The van der Waals surface area contributed by atoms with E-state index in [1.807, 2.05) is 20.8 Å². The Kier molecular flexibility index (Phi) is 16.1. The monoisotopic (exact) mass is 292 g/mol. The lowest BCUT2D eigenvalue weighted by Gasteiger charge is -2.07. The molecule has 1 atom stereocenters. The molecule has 1 aromatic rings. The fraction of sp³-hybridized carbons (Fsp3) is 0.650. The predicted molar refractivity (Wildman–Crippen MR) is 95.9 cm³/mol. The van der Waals surface area contributed by atoms with Crippen LogP contribution in [0.25, 0.3) is 0 Å². The van der Waals surface area contributed by atoms with Gasteiger partial charge in [-0.25, -0.2) is 0 Å². The first-order valence-electron chi connectivity index (χ1n) is 8.54. The van der Waals surface area contributed by atoms with E-state index in [1.54, 1.807) is 0 Å². The lowest BCUT2D eigenvalue weighted by Crippen LogP contribution is -2.00. The maximum absolute atomic E-state index is 10.9. The molecule has 0 radical (unpaired) electrons. The first-order chi connectivity index (χ1) is 9.99. The number of aryl methyl sites for hydroxylation is 2. The molecule has 0 saturated heterocycles. The summed E-state index contributed by atoms with van der Waals surface area (Å²) in [7, 11) is 0. The second-order valence-electron chi connectivity index (χ2n) is 5.48. The Hall–Kier alpha value is -1.11. The van der Waals surface area contributed by atoms with Crippen LogP contribution in [0.2, 0.25) is 0 Å². The van der Waals surface area contributed by atoms with E-state index in [0.717, 1.165) is 18.8 Å². The minimum atomic E-state index is 0.410. The molecule has 21 heavy (non-hydrogen) atoms. The fourth-order valence-electron chi connectivity index (χ4n) is 2.03. The van der Waals surface area contributed by atoms with Crippen molar-refractivity contribution >= 4 is 5.78 Å². The Bertz CT molecular complexity index is 337. The number of ketones is 1. The van der Waals surface area contributed by atoms with Gasteiger partial charge in [-0.3, -0.25) is 4.79 Å². The van der Waals surface area contributed by atoms with Gasteiger partial charge in [0, 0.05) is 12.8 Å². The number of hydrogen-bond donors (Lipinski definition) is 0. The van der Waals surface area contributed by atoms with Crippen molar-refractivity contribution in [3.63, 3.8) is 0 Å². The van der Waals surface area contributed by atoms with Crippen LogP contribution in [-0.4, -0.2) is 5.78 Å². The van der Waals surface area contributed by atoms with E-state index in [9.17, 15) is 4.79 Å². The van der Waals surface area contributed by atoms with Gasteiger partial charge in [-0.2, -0.15) is 0 Å². The zero-order valence-corrected chi connectivity index (χ0v) is 15.3. The molecule has 1 heteroatoms. The summed E-state index contributed by atoms with van der Waals surface area (Å²) in [6, 6.07) is 8.45. The van der Waals surface area contributed by atoms with E-state index in [4.69, 9.17) is 0 Å². The van der Waals surface area contributed by atoms with E-state index in [0.29, 0.717) is 12.2 Å². The third-order valence-electron chi connectivity index (χ3n) is 3.27. The Morgan fingerprint density at radius 2 is 1.57 bits per heavy atom. The van der Waals surface area contributed by atoms with Crippen LogP contribution in [0.1, 0.15) is 77.8 Å². The predicted octanol–water partition coefficient (Wildman–Crippen LogP) is 6.51. The lowest BCUT2D eigenvalue weighted by molar-refractivity contribution is -0.119. The second-order valence-corrected chi connectivity index (χ2v) is 5.48. The standard InChI is InChI=1S/C10H20O.C8H10.C2H6/c1-4-6-9(3)7-8-10(11)5-2;1-7-4-3-5-8(2)6-7;1-2/h9H,4-8H2,1-3H3;3-6H,1-2H3;1-2H3. The molecule has 1 rings (SSSR count). The maximum atomic E-state index is 10.9. The van der Waals surface area contributed by atoms with Gasteiger partial charge >= 0.3 is 0 Å². The largest absolute Gasteiger partial charge is 0.300 e. The quantitative estimate of drug-likeness (QED) is 0.584. The molecule has 0 fully saturated rings. The molecule has 0 aliphatic rings. The second kappa shape index (κ2) is 15.3. The van der Waals surface area contributed by atoms with Gasteiger partial charge in [0.1, 0.15) is 5.78 Å². The van der Waals surface area contributed by atoms with Crippen LogP contribution >= 0.6 is 0 Å². The Balaban J connectivity index is 0. The van der Waals surface area contributed by atoms with Crippen LogP contribution in [0.3, 0.4) is 0 Å². The van der Waals surface area contributed by atoms with Crippen LogP contribution in [0.5, 0.6) is 0 Å². The Morgan fingerprint density at radius 3 is 1.90 bits per heavy atom. The third kappa shape index (κ3) is 15.1. The van der Waals surface area contributed by atoms with Gasteiger partial charge in [-0.15, -0.1) is 0 Å². The molecule has 1 unspecified atom stereocenters. The minimum Gasteiger partial charge on any atom is -0.300 e. The van der Waals surface area contributed by atoms with Crippen molar-refractivity contribution in [2.45, 2.75) is 80.6 Å². The number of carbonyl (C=O) groups excluding carboxylic acids is 1. The van der Waals surface area contributed by atoms with E-state index < -0.39 is 0 Å². The summed E-state index contributed by atoms with van der Waals surface area (Å²) in [5, 5.41) is 0. The summed E-state index contributed by atoms with van der Waals surface area (Å²) >= 11 is 0. The van der Waals surface area contributed by atoms with Crippen molar-refractivity contribution in [1.29, 1.82) is 0 Å². The molecule has 0 aromatic heterocycles. The van der Waals surface area contributed by atoms with Gasteiger partial charge in [-0.05, 0) is 26.2 Å². The van der Waals surface area contributed by atoms with Crippen molar-refractivity contribution in [2.75, 3.05) is 0 Å². The maximum Gasteiger partial charge on any atom is 0.132 e. The number of carbonyl (C=O) groups is 1. The van der Waals surface area contributed by atoms with E-state index in [2.05, 4.69) is 52.0 Å². The summed E-state index contributed by atoms with van der Waals surface area (Å²) < 4.78 is 0. The van der Waals surface area contributed by atoms with Crippen LogP contribution in [-0.2, 0) is 4.79 Å². The highest BCUT2D eigenvalue weighted by Crippen LogP contribution is 2.12. The van der Waals surface area contributed by atoms with Crippen LogP contribution < -0.4 is 0 Å². The number of Topliss-reactive ketones (excluding diaryl/α,β-unsaturated/α-hetero) is 1. The molecule has 0 spiro atoms. The molecule has 0 N–H and O–H groups in total. The first-order valence-corrected chi connectivity index (χ1v) is 8.54. The Morgan fingerprint density at radius 1 is 1.05 bits per heavy atom. The van der Waals surface area contributed by atoms with E-state index >= 15 is 0 Å². The van der Waals surface area contributed by atoms with Crippen LogP contribution in [0.15, 0.2) is 24.3 Å². The minimum absolute atomic E-state index is 0.410. The van der Waals surface area contributed by atoms with Crippen LogP contribution in [0.4, 0.5) is 0 Å². The molecule has 0 bridgehead atoms. The molecule has 0 aliphatic heterocycles. The molecular weight excluding hydrogens is 256 g/mol. The van der Waals surface area contributed by atoms with Gasteiger partial charge in [0.25, 0.3) is 0 Å². The zero-order chi connectivity index (χ0) is 16.7. The van der Waals surface area contributed by atoms with Crippen molar-refractivity contribution in [3.05, 3.63) is 35.4 Å². The van der Waals surface area contributed by atoms with Gasteiger partial charge in [0.05, 0.1) is 0 Å². The third-order valence-corrected chi connectivity index (χ3v) is 3.27. The average Bonchev–Trinajstić information content (AvgIpc) is 2.47. The molecule has 0 saturated carbocycles. The zero-order valence-electron chi connectivity index (χ0n) is 15.3. The van der Waals surface area contributed by atoms with E-state index in [1.165, 1.54) is 24.0 Å². The van der Waals surface area contributed by atoms with Crippen molar-refractivity contribution in [3.8, 4) is 0 Å². The lowest BCUT2D eigenvalue weighted by atomic mass is 9.98. The number of benzene rings is 1. The van der Waals surface area contributed by atoms with Gasteiger partial charge < -0.3 is 0 Å². The number of hydrogen-bond acceptors (Lipinski definition) is 1. The molecular formula is C20H36O. The highest BCUT2D eigenvalue weighted by molar-refractivity contribution is 5.77. The van der Waals surface area contributed by atoms with E-state index in [-0.39, 0.29) is 0 Å². The summed E-state index contributed by atoms with van der Waals surface area (Å²) in [4.78, 5) is 10.9. The molecule has 1 aromatic carbocycles. The van der Waals surface area contributed by atoms with Gasteiger partial charge in [-0.1, -0.05) is 82.9 Å². The Labute approximate surface area is 133 Å².